The highest BCUT2D eigenvalue weighted by Gasteiger charge is 2.39. The Labute approximate surface area is 651 Å². The lowest BCUT2D eigenvalue weighted by atomic mass is 9.71. The first kappa shape index (κ1) is 83.3. The van der Waals surface area contributed by atoms with Crippen molar-refractivity contribution in [3.8, 4) is 56.6 Å². The predicted octanol–water partition coefficient (Wildman–Crippen LogP) is 27.5. The van der Waals surface area contributed by atoms with Crippen LogP contribution in [0.3, 0.4) is 0 Å². The number of halogens is 2. The van der Waals surface area contributed by atoms with E-state index in [-0.39, 0.29) is 49.4 Å². The zero-order valence-corrected chi connectivity index (χ0v) is 75.4. The first-order valence-corrected chi connectivity index (χ1v) is 46.9. The Bertz CT molecular complexity index is 5090. The molecule has 0 bridgehead atoms. The van der Waals surface area contributed by atoms with Crippen LogP contribution in [0.1, 0.15) is 262 Å². The first-order valence-electron chi connectivity index (χ1n) is 39.9. The number of fused-ring (bicyclic) bond motifs is 6. The molecule has 10 aromatic rings. The monoisotopic (exact) mass is 1500 g/mol. The van der Waals surface area contributed by atoms with E-state index in [2.05, 4.69) is 301 Å². The fraction of sp³-hybridized carbons (Fsp3) is 0.510. The second-order valence-electron chi connectivity index (χ2n) is 43.7. The molecule has 0 aliphatic rings. The number of hydrogen-bond acceptors (Lipinski definition) is 4. The van der Waals surface area contributed by atoms with Crippen molar-refractivity contribution in [2.24, 2.45) is 10.8 Å². The second-order valence-corrected chi connectivity index (χ2v) is 53.9. The Morgan fingerprint density at radius 1 is 0.361 bits per heavy atom. The van der Waals surface area contributed by atoms with Crippen molar-refractivity contribution >= 4 is 70.1 Å². The van der Waals surface area contributed by atoms with Gasteiger partial charge >= 0.3 is 0 Å². The van der Waals surface area contributed by atoms with Crippen LogP contribution >= 0.6 is 0 Å². The van der Waals surface area contributed by atoms with Gasteiger partial charge in [-0.1, -0.05) is 247 Å². The summed E-state index contributed by atoms with van der Waals surface area (Å²) in [5, 5.41) is 35.0. The van der Waals surface area contributed by atoms with Gasteiger partial charge in [0, 0.05) is 50.2 Å². The molecule has 2 N–H and O–H groups in total. The molecule has 2 aromatic heterocycles. The van der Waals surface area contributed by atoms with Gasteiger partial charge in [-0.05, 0) is 225 Å². The van der Waals surface area contributed by atoms with Crippen molar-refractivity contribution in [3.05, 3.63) is 164 Å². The maximum absolute atomic E-state index is 16.9. The number of benzene rings is 8. The minimum absolute atomic E-state index is 0.0304. The summed E-state index contributed by atoms with van der Waals surface area (Å²) < 4.78 is 52.9. The molecule has 0 aliphatic heterocycles. The standard InChI is InChI=1S/C98H134F2N2O4Si2/c1-56-37-72(93(15,16)17)82-76(38-56)101(78-52-66(107(31,32)33)50-74(84(78)82)95(21,22)23)80-46-62(97(27,28)54-90(6,7)8)42-68(86(80)103)70-48-64(99)39-57(2)88(70)105-59(4)41-60(5)106-89-58(3)40-65(100)49-71(89)69-43-63(98(29,30)55-91(9,10)11)47-81(87(69)104)102-77-45-61(92(12,13)14)44-73(94(18,19)20)83(77)85-75(96(24,25)26)51-67(53-79(85)102)108(34,35)36/h37-40,42-53,59-60,103-104H,41,54-55H2,1-36H3/t59-,60-/m1/s1. The molecular formula is C98H134F2N2O4Si2. The molecule has 582 valence electrons. The van der Waals surface area contributed by atoms with E-state index in [0.717, 1.165) is 51.6 Å². The van der Waals surface area contributed by atoms with Crippen LogP contribution in [0.25, 0.3) is 77.2 Å². The fourth-order valence-electron chi connectivity index (χ4n) is 17.6. The largest absolute Gasteiger partial charge is 0.505 e. The van der Waals surface area contributed by atoms with Gasteiger partial charge in [0.15, 0.2) is 0 Å². The molecule has 0 unspecified atom stereocenters. The molecule has 0 spiro atoms. The van der Waals surface area contributed by atoms with E-state index in [9.17, 15) is 10.2 Å². The highest BCUT2D eigenvalue weighted by atomic mass is 28.3. The van der Waals surface area contributed by atoms with Crippen LogP contribution < -0.4 is 19.8 Å². The van der Waals surface area contributed by atoms with E-state index in [1.54, 1.807) is 0 Å². The van der Waals surface area contributed by atoms with E-state index in [0.29, 0.717) is 62.7 Å². The molecule has 8 aromatic carbocycles. The second kappa shape index (κ2) is 27.7. The topological polar surface area (TPSA) is 68.8 Å². The lowest BCUT2D eigenvalue weighted by Crippen LogP contribution is -2.38. The molecule has 0 radical (unpaired) electrons. The maximum Gasteiger partial charge on any atom is 0.147 e. The summed E-state index contributed by atoms with van der Waals surface area (Å²) >= 11 is 0. The Kier molecular flexibility index (Phi) is 21.3. The highest BCUT2D eigenvalue weighted by Crippen LogP contribution is 2.54. The molecule has 10 heteroatoms. The lowest BCUT2D eigenvalue weighted by molar-refractivity contribution is 0.130. The Balaban J connectivity index is 1.17. The minimum Gasteiger partial charge on any atom is -0.505 e. The predicted molar refractivity (Wildman–Crippen MR) is 468 cm³/mol. The van der Waals surface area contributed by atoms with Crippen LogP contribution in [0.4, 0.5) is 8.78 Å². The molecule has 2 atom stereocenters. The van der Waals surface area contributed by atoms with Gasteiger partial charge in [-0.15, -0.1) is 0 Å². The molecule has 10 rings (SSSR count). The molecule has 6 nitrogen and oxygen atoms in total. The van der Waals surface area contributed by atoms with Crippen molar-refractivity contribution in [2.75, 3.05) is 0 Å². The number of aromatic nitrogens is 2. The minimum atomic E-state index is -2.00. The van der Waals surface area contributed by atoms with E-state index >= 15 is 8.78 Å². The molecule has 0 saturated carbocycles. The van der Waals surface area contributed by atoms with Crippen molar-refractivity contribution in [2.45, 2.75) is 316 Å². The van der Waals surface area contributed by atoms with Gasteiger partial charge in [0.2, 0.25) is 0 Å². The third-order valence-electron chi connectivity index (χ3n) is 22.4. The summed E-state index contributed by atoms with van der Waals surface area (Å²) in [6.45, 7) is 81.8. The number of hydrogen-bond donors (Lipinski definition) is 2. The molecular weight excluding hydrogens is 1360 g/mol. The fourth-order valence-corrected chi connectivity index (χ4v) is 19.9. The van der Waals surface area contributed by atoms with Crippen LogP contribution in [0.5, 0.6) is 23.0 Å². The molecule has 108 heavy (non-hydrogen) atoms. The molecule has 0 saturated heterocycles. The Morgan fingerprint density at radius 2 is 0.676 bits per heavy atom. The van der Waals surface area contributed by atoms with E-state index in [1.807, 2.05) is 27.7 Å². The third-order valence-corrected chi connectivity index (χ3v) is 26.5. The van der Waals surface area contributed by atoms with Crippen molar-refractivity contribution in [1.82, 2.24) is 9.13 Å². The summed E-state index contributed by atoms with van der Waals surface area (Å²) in [7, 11) is -3.97. The summed E-state index contributed by atoms with van der Waals surface area (Å²) in [6, 6.07) is 33.9. The van der Waals surface area contributed by atoms with Crippen LogP contribution in [0.15, 0.2) is 97.1 Å². The van der Waals surface area contributed by atoms with Gasteiger partial charge in [-0.3, -0.25) is 0 Å². The van der Waals surface area contributed by atoms with Gasteiger partial charge in [-0.2, -0.15) is 0 Å². The maximum atomic E-state index is 16.9. The number of phenolic OH excluding ortho intramolecular Hbond substituents is 2. The van der Waals surface area contributed by atoms with Crippen molar-refractivity contribution in [1.29, 1.82) is 0 Å². The molecule has 0 aliphatic carbocycles. The van der Waals surface area contributed by atoms with Crippen molar-refractivity contribution in [3.63, 3.8) is 0 Å². The normalized spacial score (nSPS) is 14.3. The van der Waals surface area contributed by atoms with E-state index in [4.69, 9.17) is 9.47 Å². The lowest BCUT2D eigenvalue weighted by Gasteiger charge is -2.34. The number of aryl methyl sites for hydroxylation is 3. The summed E-state index contributed by atoms with van der Waals surface area (Å²) in [5.74, 6) is 0.0889. The first-order chi connectivity index (χ1) is 48.9. The van der Waals surface area contributed by atoms with Crippen LogP contribution in [-0.2, 0) is 37.9 Å². The summed E-state index contributed by atoms with van der Waals surface area (Å²) in [4.78, 5) is 0. The highest BCUT2D eigenvalue weighted by molar-refractivity contribution is 6.89. The number of ether oxygens (including phenoxy) is 2. The number of rotatable bonds is 16. The quantitative estimate of drug-likeness (QED) is 0.0946. The molecule has 0 amide bonds. The van der Waals surface area contributed by atoms with Crippen LogP contribution in [-0.4, -0.2) is 47.7 Å². The van der Waals surface area contributed by atoms with Gasteiger partial charge in [0.1, 0.15) is 34.6 Å². The number of phenols is 2. The van der Waals surface area contributed by atoms with E-state index < -0.39 is 50.8 Å². The average Bonchev–Trinajstić information content (AvgIpc) is 1.54. The average molecular weight is 1500 g/mol. The van der Waals surface area contributed by atoms with Crippen LogP contribution in [0.2, 0.25) is 39.3 Å². The molecule has 2 heterocycles. The smallest absolute Gasteiger partial charge is 0.147 e. The summed E-state index contributed by atoms with van der Waals surface area (Å²) in [6.07, 6.45) is 0.931. The third kappa shape index (κ3) is 16.6. The van der Waals surface area contributed by atoms with Crippen molar-refractivity contribution < 1.29 is 28.5 Å². The zero-order valence-electron chi connectivity index (χ0n) is 73.4. The van der Waals surface area contributed by atoms with Gasteiger partial charge < -0.3 is 28.8 Å². The zero-order chi connectivity index (χ0) is 81.1. The number of aromatic hydroxyl groups is 2. The Hall–Kier alpha value is -7.15. The molecule has 0 fully saturated rings. The van der Waals surface area contributed by atoms with Crippen LogP contribution in [0, 0.1) is 43.2 Å². The summed E-state index contributed by atoms with van der Waals surface area (Å²) in [5.41, 5.74) is 15.6. The van der Waals surface area contributed by atoms with E-state index in [1.165, 1.54) is 84.0 Å². The van der Waals surface area contributed by atoms with Gasteiger partial charge in [0.05, 0.1) is 61.8 Å². The SMILES string of the molecule is Cc1cc(C(C)(C)C)c2c3c(C(C)(C)C)cc([Si](C)(C)C)cc3n(-c3cc(C(C)(C)CC(C)(C)C)cc(-c4cc(F)cc(C)c4O[C@H](C)C[C@@H](C)Oc4c(C)cc(F)cc4-c4cc(C(C)(C)CC(C)(C)C)cc(-n5c6cc(C(C)(C)C)cc(C(C)(C)C)c6c6c(C(C)(C)C)cc([Si](C)(C)C)cc65)c4O)c3O)c2c1. The van der Waals surface area contributed by atoms with Gasteiger partial charge in [-0.25, -0.2) is 8.78 Å². The van der Waals surface area contributed by atoms with Gasteiger partial charge in [0.25, 0.3) is 0 Å². The Morgan fingerprint density at radius 3 is 0.991 bits per heavy atom. The number of nitrogens with zero attached hydrogens (tertiary/aromatic N) is 2.